The fourth-order valence-corrected chi connectivity index (χ4v) is 3.60. The molecule has 0 aliphatic carbocycles. The Morgan fingerprint density at radius 1 is 1.31 bits per heavy atom. The third kappa shape index (κ3) is 4.51. The number of nitrogens with one attached hydrogen (secondary N) is 1. The van der Waals surface area contributed by atoms with Crippen LogP contribution in [-0.4, -0.2) is 41.6 Å². The molecule has 1 aliphatic rings. The Morgan fingerprint density at radius 2 is 2.08 bits per heavy atom. The Bertz CT molecular complexity index is 788. The Morgan fingerprint density at radius 3 is 2.81 bits per heavy atom. The third-order valence-corrected chi connectivity index (χ3v) is 4.95. The monoisotopic (exact) mass is 375 g/mol. The zero-order valence-corrected chi connectivity index (χ0v) is 15.6. The maximum atomic E-state index is 12.4. The van der Waals surface area contributed by atoms with E-state index in [1.54, 1.807) is 11.8 Å². The van der Waals surface area contributed by atoms with Gasteiger partial charge in [0.25, 0.3) is 5.91 Å². The molecule has 2 amide bonds. The molecule has 0 radical (unpaired) electrons. The van der Waals surface area contributed by atoms with E-state index >= 15 is 0 Å². The molecular weight excluding hydrogens is 354 g/mol. The van der Waals surface area contributed by atoms with Crippen molar-refractivity contribution in [1.82, 2.24) is 9.88 Å². The zero-order chi connectivity index (χ0) is 18.5. The first kappa shape index (κ1) is 18.2. The molecule has 0 atom stereocenters. The normalized spacial score (nSPS) is 13.1. The number of nitrogens with zero attached hydrogens (tertiary/aromatic N) is 2. The van der Waals surface area contributed by atoms with Gasteiger partial charge in [0.2, 0.25) is 0 Å². The molecule has 0 fully saturated rings. The van der Waals surface area contributed by atoms with Crippen LogP contribution in [0.15, 0.2) is 24.3 Å². The van der Waals surface area contributed by atoms with Gasteiger partial charge in [0.05, 0.1) is 18.8 Å². The largest absolute Gasteiger partial charge is 0.484 e. The molecule has 3 rings (SSSR count). The summed E-state index contributed by atoms with van der Waals surface area (Å²) < 4.78 is 10.4. The van der Waals surface area contributed by atoms with Gasteiger partial charge < -0.3 is 14.4 Å². The summed E-state index contributed by atoms with van der Waals surface area (Å²) in [7, 11) is 0. The topological polar surface area (TPSA) is 80.8 Å². The molecule has 1 aromatic heterocycles. The van der Waals surface area contributed by atoms with E-state index in [1.807, 2.05) is 31.2 Å². The standard InChI is InChI=1S/C18H21N3O4S/c1-3-24-18(23)20-17-19-14-8-9-21(10-15(14)26-17)16(22)11-25-13-6-4-12(2)5-7-13/h4-7H,3,8-11H2,1-2H3,(H,19,20,23). The van der Waals surface area contributed by atoms with Crippen molar-refractivity contribution < 1.29 is 19.1 Å². The highest BCUT2D eigenvalue weighted by molar-refractivity contribution is 7.15. The SMILES string of the molecule is CCOC(=O)Nc1nc2c(s1)CN(C(=O)COc1ccc(C)cc1)CC2. The predicted molar refractivity (Wildman–Crippen MR) is 98.6 cm³/mol. The first-order chi connectivity index (χ1) is 12.5. The number of carbonyl (C=O) groups is 2. The summed E-state index contributed by atoms with van der Waals surface area (Å²) in [6, 6.07) is 7.60. The molecule has 0 saturated carbocycles. The van der Waals surface area contributed by atoms with Crippen LogP contribution in [0.1, 0.15) is 23.1 Å². The number of carbonyl (C=O) groups excluding carboxylic acids is 2. The highest BCUT2D eigenvalue weighted by atomic mass is 32.1. The number of hydrogen-bond acceptors (Lipinski definition) is 6. The van der Waals surface area contributed by atoms with Crippen molar-refractivity contribution in [3.05, 3.63) is 40.4 Å². The van der Waals surface area contributed by atoms with Gasteiger partial charge in [-0.2, -0.15) is 0 Å². The van der Waals surface area contributed by atoms with Crippen molar-refractivity contribution in [2.45, 2.75) is 26.8 Å². The fourth-order valence-electron chi connectivity index (χ4n) is 2.59. The summed E-state index contributed by atoms with van der Waals surface area (Å²) in [4.78, 5) is 31.0. The molecule has 0 bridgehead atoms. The van der Waals surface area contributed by atoms with E-state index in [4.69, 9.17) is 9.47 Å². The van der Waals surface area contributed by atoms with E-state index in [1.165, 1.54) is 11.3 Å². The summed E-state index contributed by atoms with van der Waals surface area (Å²) in [5.74, 6) is 0.616. The van der Waals surface area contributed by atoms with Crippen molar-refractivity contribution in [1.29, 1.82) is 0 Å². The Balaban J connectivity index is 1.55. The highest BCUT2D eigenvalue weighted by Gasteiger charge is 2.25. The molecule has 138 valence electrons. The van der Waals surface area contributed by atoms with Crippen LogP contribution >= 0.6 is 11.3 Å². The molecule has 0 saturated heterocycles. The minimum atomic E-state index is -0.516. The molecule has 1 aliphatic heterocycles. The minimum Gasteiger partial charge on any atom is -0.484 e. The first-order valence-electron chi connectivity index (χ1n) is 8.44. The number of rotatable bonds is 5. The Labute approximate surface area is 155 Å². The quantitative estimate of drug-likeness (QED) is 0.869. The zero-order valence-electron chi connectivity index (χ0n) is 14.8. The van der Waals surface area contributed by atoms with Crippen LogP contribution in [0.2, 0.25) is 0 Å². The average Bonchev–Trinajstić information content (AvgIpc) is 3.02. The van der Waals surface area contributed by atoms with E-state index < -0.39 is 6.09 Å². The summed E-state index contributed by atoms with van der Waals surface area (Å²) in [6.07, 6.45) is 0.144. The number of aromatic nitrogens is 1. The Kier molecular flexibility index (Phi) is 5.72. The number of benzene rings is 1. The van der Waals surface area contributed by atoms with Crippen molar-refractivity contribution in [2.24, 2.45) is 0 Å². The van der Waals surface area contributed by atoms with Crippen LogP contribution in [0, 0.1) is 6.92 Å². The van der Waals surface area contributed by atoms with Crippen LogP contribution in [0.25, 0.3) is 0 Å². The Hall–Kier alpha value is -2.61. The molecule has 1 aromatic carbocycles. The van der Waals surface area contributed by atoms with Gasteiger partial charge in [-0.1, -0.05) is 29.0 Å². The van der Waals surface area contributed by atoms with Crippen molar-refractivity contribution in [3.63, 3.8) is 0 Å². The third-order valence-electron chi connectivity index (χ3n) is 3.95. The lowest BCUT2D eigenvalue weighted by Gasteiger charge is -2.26. The number of thiazole rings is 1. The molecule has 1 N–H and O–H groups in total. The van der Waals surface area contributed by atoms with Crippen LogP contribution in [0.3, 0.4) is 0 Å². The van der Waals surface area contributed by atoms with Gasteiger partial charge >= 0.3 is 6.09 Å². The minimum absolute atomic E-state index is 0.00509. The van der Waals surface area contributed by atoms with E-state index in [0.717, 1.165) is 16.1 Å². The van der Waals surface area contributed by atoms with Crippen molar-refractivity contribution in [2.75, 3.05) is 25.1 Å². The van der Waals surface area contributed by atoms with Crippen LogP contribution < -0.4 is 10.1 Å². The predicted octanol–water partition coefficient (Wildman–Crippen LogP) is 2.98. The van der Waals surface area contributed by atoms with E-state index in [-0.39, 0.29) is 12.5 Å². The molecule has 7 nitrogen and oxygen atoms in total. The van der Waals surface area contributed by atoms with E-state index in [9.17, 15) is 9.59 Å². The van der Waals surface area contributed by atoms with Crippen LogP contribution in [-0.2, 0) is 22.5 Å². The van der Waals surface area contributed by atoms with Gasteiger partial charge in [-0.05, 0) is 26.0 Å². The molecule has 2 heterocycles. The van der Waals surface area contributed by atoms with E-state index in [0.29, 0.717) is 37.0 Å². The molecule has 8 heteroatoms. The van der Waals surface area contributed by atoms with E-state index in [2.05, 4.69) is 10.3 Å². The number of fused-ring (bicyclic) bond motifs is 1. The average molecular weight is 375 g/mol. The fraction of sp³-hybridized carbons (Fsp3) is 0.389. The summed E-state index contributed by atoms with van der Waals surface area (Å²) in [5.41, 5.74) is 2.06. The smallest absolute Gasteiger partial charge is 0.413 e. The second-order valence-corrected chi connectivity index (χ2v) is 6.99. The van der Waals surface area contributed by atoms with Crippen LogP contribution in [0.5, 0.6) is 5.75 Å². The maximum Gasteiger partial charge on any atom is 0.413 e. The summed E-state index contributed by atoms with van der Waals surface area (Å²) in [6.45, 7) is 5.12. The molecule has 0 unspecified atom stereocenters. The number of aryl methyl sites for hydroxylation is 1. The second kappa shape index (κ2) is 8.18. The van der Waals surface area contributed by atoms with Gasteiger partial charge in [-0.3, -0.25) is 10.1 Å². The van der Waals surface area contributed by atoms with Crippen LogP contribution in [0.4, 0.5) is 9.93 Å². The molecule has 0 spiro atoms. The van der Waals surface area contributed by atoms with Gasteiger partial charge in [-0.15, -0.1) is 0 Å². The lowest BCUT2D eigenvalue weighted by Crippen LogP contribution is -2.38. The number of hydrogen-bond donors (Lipinski definition) is 1. The molecule has 2 aromatic rings. The lowest BCUT2D eigenvalue weighted by atomic mass is 10.2. The van der Waals surface area contributed by atoms with Crippen molar-refractivity contribution >= 4 is 28.5 Å². The number of amides is 2. The highest BCUT2D eigenvalue weighted by Crippen LogP contribution is 2.28. The maximum absolute atomic E-state index is 12.4. The van der Waals surface area contributed by atoms with Gasteiger partial charge in [-0.25, -0.2) is 9.78 Å². The first-order valence-corrected chi connectivity index (χ1v) is 9.26. The number of ether oxygens (including phenoxy) is 2. The van der Waals surface area contributed by atoms with Gasteiger partial charge in [0, 0.05) is 17.8 Å². The lowest BCUT2D eigenvalue weighted by molar-refractivity contribution is -0.134. The summed E-state index contributed by atoms with van der Waals surface area (Å²) in [5, 5.41) is 3.11. The van der Waals surface area contributed by atoms with Gasteiger partial charge in [0.1, 0.15) is 5.75 Å². The van der Waals surface area contributed by atoms with Gasteiger partial charge in [0.15, 0.2) is 11.7 Å². The molecular formula is C18H21N3O4S. The summed E-state index contributed by atoms with van der Waals surface area (Å²) >= 11 is 1.37. The number of anilines is 1. The van der Waals surface area contributed by atoms with Crippen molar-refractivity contribution in [3.8, 4) is 5.75 Å². The second-order valence-electron chi connectivity index (χ2n) is 5.90. The molecule has 26 heavy (non-hydrogen) atoms.